The number of amidine groups is 1. The number of fused-ring (bicyclic) bond motifs is 2. The number of nitro groups is 1. The van der Waals surface area contributed by atoms with Gasteiger partial charge >= 0.3 is 0 Å². The Balaban J connectivity index is 1.69. The van der Waals surface area contributed by atoms with Crippen LogP contribution in [0, 0.1) is 17.0 Å². The Bertz CT molecular complexity index is 1110. The first-order valence-electron chi connectivity index (χ1n) is 9.74. The van der Waals surface area contributed by atoms with Gasteiger partial charge in [0.2, 0.25) is 6.79 Å². The molecule has 0 spiro atoms. The van der Waals surface area contributed by atoms with Crippen molar-refractivity contribution in [2.24, 2.45) is 10.1 Å². The molecule has 8 nitrogen and oxygen atoms in total. The van der Waals surface area contributed by atoms with Gasteiger partial charge in [-0.05, 0) is 50.1 Å². The number of nitro benzene ring substituents is 1. The standard InChI is InChI=1S/C21H20N4O4S/c1-12-7-14(3-4-17(12)25(26)27)20-16-10-19-18(28-11-29-19)9-15(16)8-13(2)24(23-20)21-22-5-6-30-21/h3-4,7,9-10,13H,5-6,8,11H2,1-2H3/t13-/m1/s1. The number of rotatable bonds is 2. The van der Waals surface area contributed by atoms with Crippen molar-refractivity contribution in [3.8, 4) is 11.5 Å². The second-order valence-corrected chi connectivity index (χ2v) is 8.54. The highest BCUT2D eigenvalue weighted by Crippen LogP contribution is 2.38. The van der Waals surface area contributed by atoms with Gasteiger partial charge in [-0.1, -0.05) is 11.8 Å². The molecule has 1 atom stereocenters. The van der Waals surface area contributed by atoms with E-state index in [1.54, 1.807) is 30.8 Å². The van der Waals surface area contributed by atoms with Crippen molar-refractivity contribution >= 4 is 28.3 Å². The Kier molecular flexibility index (Phi) is 4.62. The van der Waals surface area contributed by atoms with Crippen LogP contribution in [0.15, 0.2) is 40.4 Å². The summed E-state index contributed by atoms with van der Waals surface area (Å²) in [7, 11) is 0. The molecule has 0 fully saturated rings. The second kappa shape index (κ2) is 7.32. The Morgan fingerprint density at radius 2 is 2.03 bits per heavy atom. The maximum Gasteiger partial charge on any atom is 0.272 e. The van der Waals surface area contributed by atoms with Crippen LogP contribution < -0.4 is 9.47 Å². The minimum atomic E-state index is -0.363. The van der Waals surface area contributed by atoms with Gasteiger partial charge in [-0.15, -0.1) is 0 Å². The highest BCUT2D eigenvalue weighted by molar-refractivity contribution is 8.14. The van der Waals surface area contributed by atoms with Gasteiger partial charge in [-0.2, -0.15) is 5.10 Å². The van der Waals surface area contributed by atoms with Crippen molar-refractivity contribution in [2.45, 2.75) is 26.3 Å². The monoisotopic (exact) mass is 424 g/mol. The number of benzene rings is 2. The summed E-state index contributed by atoms with van der Waals surface area (Å²) in [6.07, 6.45) is 0.768. The zero-order valence-electron chi connectivity index (χ0n) is 16.6. The Morgan fingerprint density at radius 3 is 2.73 bits per heavy atom. The first-order chi connectivity index (χ1) is 14.5. The second-order valence-electron chi connectivity index (χ2n) is 7.48. The number of ether oxygens (including phenoxy) is 2. The Morgan fingerprint density at radius 1 is 1.23 bits per heavy atom. The van der Waals surface area contributed by atoms with Crippen LogP contribution in [0.1, 0.15) is 29.2 Å². The smallest absolute Gasteiger partial charge is 0.272 e. The predicted molar refractivity (Wildman–Crippen MR) is 116 cm³/mol. The molecule has 0 radical (unpaired) electrons. The third kappa shape index (κ3) is 3.19. The third-order valence-corrected chi connectivity index (χ3v) is 6.39. The van der Waals surface area contributed by atoms with Gasteiger partial charge in [0.15, 0.2) is 16.7 Å². The summed E-state index contributed by atoms with van der Waals surface area (Å²) in [6, 6.07) is 9.21. The van der Waals surface area contributed by atoms with E-state index in [9.17, 15) is 10.1 Å². The van der Waals surface area contributed by atoms with Crippen molar-refractivity contribution in [1.82, 2.24) is 5.01 Å². The molecular weight excluding hydrogens is 404 g/mol. The SMILES string of the molecule is Cc1cc(C2=NN(C3=NCCS3)[C@H](C)Cc3cc4c(cc32)OCO4)ccc1[N+](=O)[O-]. The quantitative estimate of drug-likeness (QED) is 0.539. The molecule has 0 saturated carbocycles. The summed E-state index contributed by atoms with van der Waals surface area (Å²) in [4.78, 5) is 15.5. The molecule has 0 unspecified atom stereocenters. The molecule has 0 bridgehead atoms. The van der Waals surface area contributed by atoms with Gasteiger partial charge < -0.3 is 9.47 Å². The molecule has 0 saturated heterocycles. The molecular formula is C21H20N4O4S. The lowest BCUT2D eigenvalue weighted by Crippen LogP contribution is -2.33. The predicted octanol–water partition coefficient (Wildman–Crippen LogP) is 3.73. The number of aryl methyl sites for hydroxylation is 1. The number of aliphatic imine (C=N–C) groups is 1. The largest absolute Gasteiger partial charge is 0.454 e. The van der Waals surface area contributed by atoms with E-state index in [0.29, 0.717) is 11.3 Å². The van der Waals surface area contributed by atoms with Crippen molar-refractivity contribution in [1.29, 1.82) is 0 Å². The molecule has 0 aromatic heterocycles. The van der Waals surface area contributed by atoms with Gasteiger partial charge in [0, 0.05) is 28.5 Å². The van der Waals surface area contributed by atoms with Crippen LogP contribution in [0.5, 0.6) is 11.5 Å². The highest BCUT2D eigenvalue weighted by Gasteiger charge is 2.30. The van der Waals surface area contributed by atoms with E-state index in [1.807, 2.05) is 23.2 Å². The normalized spacial score (nSPS) is 19.8. The summed E-state index contributed by atoms with van der Waals surface area (Å²) < 4.78 is 11.2. The number of nitrogens with zero attached hydrogens (tertiary/aromatic N) is 4. The van der Waals surface area contributed by atoms with Gasteiger partial charge in [-0.25, -0.2) is 5.01 Å². The van der Waals surface area contributed by atoms with Crippen LogP contribution in [-0.2, 0) is 6.42 Å². The molecule has 2 aromatic rings. The van der Waals surface area contributed by atoms with Gasteiger partial charge in [0.05, 0.1) is 23.2 Å². The maximum absolute atomic E-state index is 11.3. The molecule has 3 aliphatic rings. The first-order valence-corrected chi connectivity index (χ1v) is 10.7. The summed E-state index contributed by atoms with van der Waals surface area (Å²) in [5, 5.41) is 19.2. The molecule has 3 aliphatic heterocycles. The lowest BCUT2D eigenvalue weighted by molar-refractivity contribution is -0.385. The molecule has 9 heteroatoms. The molecule has 30 heavy (non-hydrogen) atoms. The van der Waals surface area contributed by atoms with E-state index in [-0.39, 0.29) is 23.4 Å². The van der Waals surface area contributed by atoms with Gasteiger partial charge in [0.25, 0.3) is 5.69 Å². The highest BCUT2D eigenvalue weighted by atomic mass is 32.2. The summed E-state index contributed by atoms with van der Waals surface area (Å²) in [5.41, 5.74) is 4.32. The van der Waals surface area contributed by atoms with Crippen molar-refractivity contribution < 1.29 is 14.4 Å². The van der Waals surface area contributed by atoms with E-state index in [4.69, 9.17) is 14.6 Å². The van der Waals surface area contributed by atoms with Crippen LogP contribution >= 0.6 is 11.8 Å². The van der Waals surface area contributed by atoms with Crippen LogP contribution in [0.3, 0.4) is 0 Å². The maximum atomic E-state index is 11.3. The molecule has 5 rings (SSSR count). The van der Waals surface area contributed by atoms with Crippen LogP contribution in [-0.4, -0.2) is 45.9 Å². The molecule has 0 amide bonds. The zero-order valence-corrected chi connectivity index (χ0v) is 17.4. The fraction of sp³-hybridized carbons (Fsp3) is 0.333. The fourth-order valence-corrected chi connectivity index (χ4v) is 4.85. The first kappa shape index (κ1) is 18.9. The van der Waals surface area contributed by atoms with E-state index in [1.165, 1.54) is 0 Å². The minimum absolute atomic E-state index is 0.0971. The average Bonchev–Trinajstić information content (AvgIpc) is 3.37. The summed E-state index contributed by atoms with van der Waals surface area (Å²) in [5.74, 6) is 2.37. The fourth-order valence-electron chi connectivity index (χ4n) is 3.95. The number of hydrogen-bond acceptors (Lipinski definition) is 8. The van der Waals surface area contributed by atoms with Crippen molar-refractivity contribution in [3.05, 3.63) is 62.7 Å². The number of thioether (sulfide) groups is 1. The third-order valence-electron chi connectivity index (χ3n) is 5.43. The van der Waals surface area contributed by atoms with Crippen LogP contribution in [0.4, 0.5) is 5.69 Å². The van der Waals surface area contributed by atoms with E-state index < -0.39 is 0 Å². The van der Waals surface area contributed by atoms with Crippen molar-refractivity contribution in [2.75, 3.05) is 19.1 Å². The van der Waals surface area contributed by atoms with E-state index in [2.05, 4.69) is 11.9 Å². The Hall–Kier alpha value is -3.07. The van der Waals surface area contributed by atoms with E-state index >= 15 is 0 Å². The topological polar surface area (TPSA) is 89.6 Å². The molecule has 2 aromatic carbocycles. The lowest BCUT2D eigenvalue weighted by Gasteiger charge is -2.24. The molecule has 154 valence electrons. The van der Waals surface area contributed by atoms with Crippen LogP contribution in [0.2, 0.25) is 0 Å². The molecule has 3 heterocycles. The summed E-state index contributed by atoms with van der Waals surface area (Å²) >= 11 is 1.70. The van der Waals surface area contributed by atoms with Gasteiger partial charge in [-0.3, -0.25) is 15.1 Å². The van der Waals surface area contributed by atoms with Crippen LogP contribution in [0.25, 0.3) is 0 Å². The molecule has 0 N–H and O–H groups in total. The molecule has 0 aliphatic carbocycles. The number of hydrazone groups is 1. The summed E-state index contributed by atoms with van der Waals surface area (Å²) in [6.45, 7) is 4.87. The van der Waals surface area contributed by atoms with Gasteiger partial charge in [0.1, 0.15) is 0 Å². The average molecular weight is 424 g/mol. The van der Waals surface area contributed by atoms with E-state index in [0.717, 1.165) is 52.0 Å². The Labute approximate surface area is 177 Å². The van der Waals surface area contributed by atoms with Crippen molar-refractivity contribution in [3.63, 3.8) is 0 Å². The minimum Gasteiger partial charge on any atom is -0.454 e. The zero-order chi connectivity index (χ0) is 20.8. The lowest BCUT2D eigenvalue weighted by atomic mass is 9.93. The number of hydrogen-bond donors (Lipinski definition) is 0.